The van der Waals surface area contributed by atoms with E-state index in [1.165, 1.54) is 11.1 Å². The minimum Gasteiger partial charge on any atom is -0.487 e. The SMILES string of the molecule is CC1(C)Cc2cc(CN3CCC4(CC3)CC(O)CO4)ccc2O1. The normalized spacial score (nSPS) is 28.7. The molecule has 23 heavy (non-hydrogen) atoms. The van der Waals surface area contributed by atoms with E-state index in [-0.39, 0.29) is 17.3 Å². The Kier molecular flexibility index (Phi) is 3.67. The van der Waals surface area contributed by atoms with Crippen LogP contribution in [0.1, 0.15) is 44.2 Å². The van der Waals surface area contributed by atoms with E-state index in [1.807, 2.05) is 0 Å². The molecule has 0 bridgehead atoms. The zero-order valence-electron chi connectivity index (χ0n) is 14.2. The highest BCUT2D eigenvalue weighted by atomic mass is 16.5. The van der Waals surface area contributed by atoms with Gasteiger partial charge in [-0.3, -0.25) is 4.90 Å². The molecule has 1 N–H and O–H groups in total. The van der Waals surface area contributed by atoms with Crippen molar-refractivity contribution in [2.45, 2.75) is 63.4 Å². The van der Waals surface area contributed by atoms with Gasteiger partial charge in [-0.15, -0.1) is 0 Å². The molecule has 3 heterocycles. The number of rotatable bonds is 2. The number of fused-ring (bicyclic) bond motifs is 1. The molecule has 3 aliphatic heterocycles. The van der Waals surface area contributed by atoms with E-state index in [0.29, 0.717) is 6.61 Å². The Bertz CT molecular complexity index is 590. The van der Waals surface area contributed by atoms with Crippen molar-refractivity contribution in [3.05, 3.63) is 29.3 Å². The molecule has 0 aliphatic carbocycles. The quantitative estimate of drug-likeness (QED) is 0.910. The standard InChI is InChI=1S/C19H27NO3/c1-18(2)10-15-9-14(3-4-17(15)23-18)12-20-7-5-19(6-8-20)11-16(21)13-22-19/h3-4,9,16,21H,5-8,10-13H2,1-2H3. The molecule has 0 radical (unpaired) electrons. The van der Waals surface area contributed by atoms with E-state index in [2.05, 4.69) is 36.9 Å². The number of aliphatic hydroxyl groups is 1. The molecule has 1 spiro atoms. The smallest absolute Gasteiger partial charge is 0.123 e. The Balaban J connectivity index is 1.37. The summed E-state index contributed by atoms with van der Waals surface area (Å²) >= 11 is 0. The lowest BCUT2D eigenvalue weighted by molar-refractivity contribution is -0.0456. The molecular weight excluding hydrogens is 290 g/mol. The molecule has 1 atom stereocenters. The maximum absolute atomic E-state index is 9.73. The van der Waals surface area contributed by atoms with Crippen LogP contribution in [0.15, 0.2) is 18.2 Å². The summed E-state index contributed by atoms with van der Waals surface area (Å²) < 4.78 is 11.8. The zero-order valence-corrected chi connectivity index (χ0v) is 14.2. The predicted molar refractivity (Wildman–Crippen MR) is 88.7 cm³/mol. The minimum atomic E-state index is -0.262. The molecule has 2 saturated heterocycles. The van der Waals surface area contributed by atoms with Gasteiger partial charge >= 0.3 is 0 Å². The monoisotopic (exact) mass is 317 g/mol. The van der Waals surface area contributed by atoms with Gasteiger partial charge in [0.15, 0.2) is 0 Å². The van der Waals surface area contributed by atoms with E-state index >= 15 is 0 Å². The van der Waals surface area contributed by atoms with Gasteiger partial charge in [-0.25, -0.2) is 0 Å². The fraction of sp³-hybridized carbons (Fsp3) is 0.684. The number of hydrogen-bond donors (Lipinski definition) is 1. The van der Waals surface area contributed by atoms with E-state index in [4.69, 9.17) is 9.47 Å². The van der Waals surface area contributed by atoms with E-state index < -0.39 is 0 Å². The van der Waals surface area contributed by atoms with Crippen molar-refractivity contribution in [1.29, 1.82) is 0 Å². The van der Waals surface area contributed by atoms with Crippen molar-refractivity contribution < 1.29 is 14.6 Å². The van der Waals surface area contributed by atoms with Crippen molar-refractivity contribution in [1.82, 2.24) is 4.90 Å². The topological polar surface area (TPSA) is 41.9 Å². The summed E-state index contributed by atoms with van der Waals surface area (Å²) in [4.78, 5) is 2.50. The van der Waals surface area contributed by atoms with Crippen LogP contribution in [0.4, 0.5) is 0 Å². The third-order valence-electron chi connectivity index (χ3n) is 5.49. The number of ether oxygens (including phenoxy) is 2. The van der Waals surface area contributed by atoms with E-state index in [1.54, 1.807) is 0 Å². The summed E-state index contributed by atoms with van der Waals surface area (Å²) in [5, 5.41) is 9.73. The van der Waals surface area contributed by atoms with Crippen LogP contribution < -0.4 is 4.74 Å². The van der Waals surface area contributed by atoms with Crippen molar-refractivity contribution in [3.8, 4) is 5.75 Å². The predicted octanol–water partition coefficient (Wildman–Crippen LogP) is 2.52. The first-order valence-corrected chi connectivity index (χ1v) is 8.78. The number of piperidine rings is 1. The molecule has 3 aliphatic rings. The van der Waals surface area contributed by atoms with Gasteiger partial charge in [0.05, 0.1) is 18.3 Å². The molecule has 0 aromatic heterocycles. The molecule has 1 aromatic carbocycles. The van der Waals surface area contributed by atoms with Gasteiger partial charge in [-0.1, -0.05) is 12.1 Å². The molecule has 0 saturated carbocycles. The Morgan fingerprint density at radius 3 is 2.74 bits per heavy atom. The number of aliphatic hydroxyl groups excluding tert-OH is 1. The van der Waals surface area contributed by atoms with Crippen LogP contribution in [0.5, 0.6) is 5.75 Å². The largest absolute Gasteiger partial charge is 0.487 e. The maximum atomic E-state index is 9.73. The second-order valence-corrected chi connectivity index (χ2v) is 8.11. The first kappa shape index (κ1) is 15.4. The molecule has 1 unspecified atom stereocenters. The minimum absolute atomic E-state index is 0.0499. The molecular formula is C19H27NO3. The van der Waals surface area contributed by atoms with Crippen LogP contribution >= 0.6 is 0 Å². The summed E-state index contributed by atoms with van der Waals surface area (Å²) in [5.74, 6) is 1.05. The van der Waals surface area contributed by atoms with Crippen LogP contribution in [0.3, 0.4) is 0 Å². The number of benzene rings is 1. The summed E-state index contributed by atoms with van der Waals surface area (Å²) in [6.07, 6.45) is 3.61. The lowest BCUT2D eigenvalue weighted by Gasteiger charge is -2.38. The second kappa shape index (κ2) is 5.47. The Labute approximate surface area is 138 Å². The third kappa shape index (κ3) is 3.12. The fourth-order valence-electron chi connectivity index (χ4n) is 4.31. The lowest BCUT2D eigenvalue weighted by Crippen LogP contribution is -2.43. The fourth-order valence-corrected chi connectivity index (χ4v) is 4.31. The molecule has 4 rings (SSSR count). The summed E-state index contributed by atoms with van der Waals surface area (Å²) in [5.41, 5.74) is 2.58. The van der Waals surface area contributed by atoms with Gasteiger partial charge in [-0.05, 0) is 43.9 Å². The average molecular weight is 317 g/mol. The van der Waals surface area contributed by atoms with Gasteiger partial charge in [0.2, 0.25) is 0 Å². The number of likely N-dealkylation sites (tertiary alicyclic amines) is 1. The first-order valence-electron chi connectivity index (χ1n) is 8.78. The number of nitrogens with zero attached hydrogens (tertiary/aromatic N) is 1. The Hall–Kier alpha value is -1.10. The van der Waals surface area contributed by atoms with Crippen molar-refractivity contribution in [3.63, 3.8) is 0 Å². The highest BCUT2D eigenvalue weighted by Crippen LogP contribution is 2.37. The van der Waals surface area contributed by atoms with Crippen molar-refractivity contribution in [2.24, 2.45) is 0 Å². The van der Waals surface area contributed by atoms with Gasteiger partial charge in [-0.2, -0.15) is 0 Å². The Morgan fingerprint density at radius 1 is 1.26 bits per heavy atom. The second-order valence-electron chi connectivity index (χ2n) is 8.11. The van der Waals surface area contributed by atoms with Crippen LogP contribution in [0.2, 0.25) is 0 Å². The molecule has 4 nitrogen and oxygen atoms in total. The van der Waals surface area contributed by atoms with E-state index in [0.717, 1.165) is 51.1 Å². The van der Waals surface area contributed by atoms with Crippen LogP contribution in [0.25, 0.3) is 0 Å². The van der Waals surface area contributed by atoms with Crippen molar-refractivity contribution >= 4 is 0 Å². The van der Waals surface area contributed by atoms with Gasteiger partial charge < -0.3 is 14.6 Å². The summed E-state index contributed by atoms with van der Waals surface area (Å²) in [7, 11) is 0. The molecule has 126 valence electrons. The van der Waals surface area contributed by atoms with E-state index in [9.17, 15) is 5.11 Å². The van der Waals surface area contributed by atoms with Gasteiger partial charge in [0, 0.05) is 32.5 Å². The maximum Gasteiger partial charge on any atom is 0.123 e. The van der Waals surface area contributed by atoms with Gasteiger partial charge in [0.25, 0.3) is 0 Å². The molecule has 4 heteroatoms. The highest BCUT2D eigenvalue weighted by Gasteiger charge is 2.42. The zero-order chi connectivity index (χ0) is 16.1. The van der Waals surface area contributed by atoms with Crippen LogP contribution in [-0.2, 0) is 17.7 Å². The highest BCUT2D eigenvalue weighted by molar-refractivity contribution is 5.41. The first-order chi connectivity index (χ1) is 10.9. The van der Waals surface area contributed by atoms with Crippen LogP contribution in [0, 0.1) is 0 Å². The summed E-state index contributed by atoms with van der Waals surface area (Å²) in [6, 6.07) is 6.63. The summed E-state index contributed by atoms with van der Waals surface area (Å²) in [6.45, 7) is 7.89. The molecule has 1 aromatic rings. The Morgan fingerprint density at radius 2 is 2.04 bits per heavy atom. The molecule has 0 amide bonds. The number of hydrogen-bond acceptors (Lipinski definition) is 4. The van der Waals surface area contributed by atoms with Crippen molar-refractivity contribution in [2.75, 3.05) is 19.7 Å². The van der Waals surface area contributed by atoms with Gasteiger partial charge in [0.1, 0.15) is 11.4 Å². The molecule has 2 fully saturated rings. The lowest BCUT2D eigenvalue weighted by atomic mass is 9.88. The average Bonchev–Trinajstić information content (AvgIpc) is 3.00. The third-order valence-corrected chi connectivity index (χ3v) is 5.49. The van der Waals surface area contributed by atoms with Crippen LogP contribution in [-0.4, -0.2) is 47.0 Å².